The molecule has 3 rings (SSSR count). The molecule has 7 heteroatoms. The maximum absolute atomic E-state index is 11.2. The number of fused-ring (bicyclic) bond motifs is 1. The molecule has 5 nitrogen and oxygen atoms in total. The van der Waals surface area contributed by atoms with Gasteiger partial charge in [-0.2, -0.15) is 0 Å². The molecular formula is C16H17N3O2S2. The minimum atomic E-state index is -0.874. The molecule has 0 radical (unpaired) electrons. The molecule has 1 unspecified atom stereocenters. The summed E-state index contributed by atoms with van der Waals surface area (Å²) >= 11 is 1.65. The van der Waals surface area contributed by atoms with Crippen molar-refractivity contribution in [1.82, 2.24) is 15.0 Å². The minimum absolute atomic E-state index is 0.409. The smallest absolute Gasteiger partial charge is 0.178 e. The summed E-state index contributed by atoms with van der Waals surface area (Å²) in [6.07, 6.45) is 5.41. The fraction of sp³-hybridized carbons (Fsp3) is 0.250. The van der Waals surface area contributed by atoms with Crippen LogP contribution in [0.4, 0.5) is 0 Å². The highest BCUT2D eigenvalue weighted by Crippen LogP contribution is 2.32. The monoisotopic (exact) mass is 347 g/mol. The van der Waals surface area contributed by atoms with Crippen LogP contribution in [0.3, 0.4) is 0 Å². The summed E-state index contributed by atoms with van der Waals surface area (Å²) in [4.78, 5) is 13.2. The van der Waals surface area contributed by atoms with E-state index >= 15 is 0 Å². The lowest BCUT2D eigenvalue weighted by Gasteiger charge is -2.11. The standard InChI is InChI=1S/C16H17N3O2S2/c1-22-11-5-6-12(14(10-11)21-8-9-23(2)20)15-18-13-4-3-7-17-16(13)19-15/h3-7,10H,8-9H2,1-2H3,(H,17,18,19). The van der Waals surface area contributed by atoms with Gasteiger partial charge in [-0.25, -0.2) is 9.97 Å². The maximum atomic E-state index is 11.2. The first-order valence-electron chi connectivity index (χ1n) is 7.09. The third-order valence-electron chi connectivity index (χ3n) is 3.33. The molecule has 0 bridgehead atoms. The van der Waals surface area contributed by atoms with Crippen LogP contribution >= 0.6 is 11.8 Å². The fourth-order valence-corrected chi connectivity index (χ4v) is 2.93. The summed E-state index contributed by atoms with van der Waals surface area (Å²) in [5.41, 5.74) is 2.44. The number of pyridine rings is 1. The molecular weight excluding hydrogens is 330 g/mol. The van der Waals surface area contributed by atoms with Crippen LogP contribution in [0.15, 0.2) is 41.4 Å². The second kappa shape index (κ2) is 7.14. The van der Waals surface area contributed by atoms with Gasteiger partial charge >= 0.3 is 0 Å². The van der Waals surface area contributed by atoms with E-state index in [1.807, 2.05) is 36.6 Å². The molecule has 2 heterocycles. The SMILES string of the molecule is CSc1ccc(-c2nc3ncccc3[nH]2)c(OCCS(C)=O)c1. The average molecular weight is 347 g/mol. The molecule has 0 fully saturated rings. The number of nitrogens with zero attached hydrogens (tertiary/aromatic N) is 2. The van der Waals surface area contributed by atoms with Gasteiger partial charge in [-0.05, 0) is 36.6 Å². The van der Waals surface area contributed by atoms with Gasteiger partial charge in [-0.1, -0.05) is 0 Å². The minimum Gasteiger partial charge on any atom is -0.492 e. The van der Waals surface area contributed by atoms with Crippen LogP contribution in [0, 0.1) is 0 Å². The Morgan fingerprint density at radius 2 is 2.22 bits per heavy atom. The summed E-state index contributed by atoms with van der Waals surface area (Å²) in [6.45, 7) is 0.409. The normalized spacial score (nSPS) is 12.4. The number of nitrogens with one attached hydrogen (secondary N) is 1. The van der Waals surface area contributed by atoms with Gasteiger partial charge in [0.25, 0.3) is 0 Å². The molecule has 1 aromatic carbocycles. The molecule has 3 aromatic rings. The first-order valence-corrected chi connectivity index (χ1v) is 10.0. The van der Waals surface area contributed by atoms with Gasteiger partial charge in [-0.15, -0.1) is 11.8 Å². The number of rotatable bonds is 6. The summed E-state index contributed by atoms with van der Waals surface area (Å²) < 4.78 is 17.1. The van der Waals surface area contributed by atoms with Crippen molar-refractivity contribution in [2.75, 3.05) is 24.9 Å². The van der Waals surface area contributed by atoms with Crippen molar-refractivity contribution in [2.24, 2.45) is 0 Å². The van der Waals surface area contributed by atoms with Gasteiger partial charge in [0.05, 0.1) is 23.4 Å². The predicted octanol–water partition coefficient (Wildman–Crippen LogP) is 3.10. The highest BCUT2D eigenvalue weighted by molar-refractivity contribution is 7.98. The maximum Gasteiger partial charge on any atom is 0.178 e. The van der Waals surface area contributed by atoms with Gasteiger partial charge in [0.2, 0.25) is 0 Å². The molecule has 0 saturated carbocycles. The fourth-order valence-electron chi connectivity index (χ4n) is 2.19. The van der Waals surface area contributed by atoms with Crippen LogP contribution in [0.2, 0.25) is 0 Å². The first kappa shape index (κ1) is 16.0. The number of aromatic nitrogens is 3. The van der Waals surface area contributed by atoms with Gasteiger partial charge in [0.15, 0.2) is 5.65 Å². The number of hydrogen-bond donors (Lipinski definition) is 1. The molecule has 0 spiro atoms. The van der Waals surface area contributed by atoms with Crippen molar-refractivity contribution in [1.29, 1.82) is 0 Å². The molecule has 23 heavy (non-hydrogen) atoms. The largest absolute Gasteiger partial charge is 0.492 e. The molecule has 1 N–H and O–H groups in total. The molecule has 0 amide bonds. The van der Waals surface area contributed by atoms with Crippen LogP contribution in [-0.2, 0) is 10.8 Å². The molecule has 0 aliphatic carbocycles. The van der Waals surface area contributed by atoms with Crippen molar-refractivity contribution in [3.05, 3.63) is 36.5 Å². The Hall–Kier alpha value is -1.86. The Bertz CT molecular complexity index is 815. The van der Waals surface area contributed by atoms with Crippen molar-refractivity contribution < 1.29 is 8.95 Å². The second-order valence-corrected chi connectivity index (χ2v) is 7.38. The van der Waals surface area contributed by atoms with E-state index in [2.05, 4.69) is 15.0 Å². The third kappa shape index (κ3) is 3.73. The molecule has 1 atom stereocenters. The second-order valence-electron chi connectivity index (χ2n) is 4.95. The lowest BCUT2D eigenvalue weighted by molar-refractivity contribution is 0.343. The zero-order valence-corrected chi connectivity index (χ0v) is 14.5. The number of thioether (sulfide) groups is 1. The number of aromatic amines is 1. The summed E-state index contributed by atoms with van der Waals surface area (Å²) in [6, 6.07) is 9.82. The van der Waals surface area contributed by atoms with E-state index in [-0.39, 0.29) is 0 Å². The molecule has 0 aliphatic rings. The lowest BCUT2D eigenvalue weighted by atomic mass is 10.2. The highest BCUT2D eigenvalue weighted by atomic mass is 32.2. The Labute approximate surface area is 141 Å². The van der Waals surface area contributed by atoms with Crippen LogP contribution in [0.25, 0.3) is 22.6 Å². The van der Waals surface area contributed by atoms with E-state index in [9.17, 15) is 4.21 Å². The number of hydrogen-bond acceptors (Lipinski definition) is 5. The summed E-state index contributed by atoms with van der Waals surface area (Å²) in [5, 5.41) is 0. The summed E-state index contributed by atoms with van der Waals surface area (Å²) in [5.74, 6) is 1.96. The highest BCUT2D eigenvalue weighted by Gasteiger charge is 2.12. The van der Waals surface area contributed by atoms with Crippen LogP contribution in [0.5, 0.6) is 5.75 Å². The molecule has 0 aliphatic heterocycles. The van der Waals surface area contributed by atoms with Crippen LogP contribution < -0.4 is 4.74 Å². The van der Waals surface area contributed by atoms with Crippen molar-refractivity contribution >= 4 is 33.7 Å². The summed E-state index contributed by atoms with van der Waals surface area (Å²) in [7, 11) is -0.874. The number of H-pyrrole nitrogens is 1. The molecule has 2 aromatic heterocycles. The Balaban J connectivity index is 1.97. The lowest BCUT2D eigenvalue weighted by Crippen LogP contribution is -2.07. The first-order chi connectivity index (χ1) is 11.2. The zero-order valence-electron chi connectivity index (χ0n) is 12.9. The van der Waals surface area contributed by atoms with Crippen LogP contribution in [-0.4, -0.2) is 44.0 Å². The zero-order chi connectivity index (χ0) is 16.2. The average Bonchev–Trinajstić information content (AvgIpc) is 2.98. The van der Waals surface area contributed by atoms with Gasteiger partial charge in [0.1, 0.15) is 11.6 Å². The number of ether oxygens (including phenoxy) is 1. The molecule has 0 saturated heterocycles. The third-order valence-corrected chi connectivity index (χ3v) is 4.80. The Morgan fingerprint density at radius 1 is 1.35 bits per heavy atom. The van der Waals surface area contributed by atoms with Crippen molar-refractivity contribution in [2.45, 2.75) is 4.90 Å². The Kier molecular flexibility index (Phi) is 4.97. The van der Waals surface area contributed by atoms with Crippen LogP contribution in [0.1, 0.15) is 0 Å². The van der Waals surface area contributed by atoms with Gasteiger partial charge in [-0.3, -0.25) is 4.21 Å². The molecule has 120 valence electrons. The predicted molar refractivity (Wildman–Crippen MR) is 95.5 cm³/mol. The van der Waals surface area contributed by atoms with Crippen molar-refractivity contribution in [3.63, 3.8) is 0 Å². The van der Waals surface area contributed by atoms with Gasteiger partial charge in [0, 0.05) is 28.1 Å². The topological polar surface area (TPSA) is 67.9 Å². The number of benzene rings is 1. The van der Waals surface area contributed by atoms with E-state index in [0.29, 0.717) is 18.0 Å². The van der Waals surface area contributed by atoms with Crippen molar-refractivity contribution in [3.8, 4) is 17.1 Å². The van der Waals surface area contributed by atoms with E-state index in [4.69, 9.17) is 4.74 Å². The van der Waals surface area contributed by atoms with E-state index < -0.39 is 10.8 Å². The number of imidazole rings is 1. The Morgan fingerprint density at radius 3 is 2.96 bits per heavy atom. The van der Waals surface area contributed by atoms with E-state index in [0.717, 1.165) is 27.5 Å². The van der Waals surface area contributed by atoms with E-state index in [1.54, 1.807) is 24.2 Å². The van der Waals surface area contributed by atoms with Gasteiger partial charge < -0.3 is 9.72 Å². The van der Waals surface area contributed by atoms with E-state index in [1.165, 1.54) is 0 Å². The quantitative estimate of drug-likeness (QED) is 0.694.